The second-order valence-corrected chi connectivity index (χ2v) is 7.14. The maximum atomic E-state index is 10.8. The number of allylic oxidation sites excluding steroid dienone is 1. The normalized spacial score (nSPS) is 10.9. The van der Waals surface area contributed by atoms with Gasteiger partial charge in [-0.25, -0.2) is 0 Å². The molecule has 0 radical (unpaired) electrons. The fraction of sp³-hybridized carbons (Fsp3) is 0.0870. The Hall–Kier alpha value is -3.63. The molecule has 30 heavy (non-hydrogen) atoms. The fourth-order valence-corrected chi connectivity index (χ4v) is 3.37. The standard InChI is InChI=1S/C23H17BrN2O4/c1-29-22-13-17(11-19(14-25)18-5-3-2-4-6-18)12-21(24)23(22)30-15-16-7-9-20(10-8-16)26(27)28/h2-13H,15H2,1H3/b19-11-. The van der Waals surface area contributed by atoms with Gasteiger partial charge in [0.15, 0.2) is 11.5 Å². The molecule has 0 atom stereocenters. The van der Waals surface area contributed by atoms with Crippen molar-refractivity contribution in [3.8, 4) is 17.6 Å². The average molecular weight is 465 g/mol. The second-order valence-electron chi connectivity index (χ2n) is 6.28. The zero-order valence-corrected chi connectivity index (χ0v) is 17.6. The topological polar surface area (TPSA) is 85.4 Å². The van der Waals surface area contributed by atoms with Crippen LogP contribution in [0.25, 0.3) is 11.6 Å². The van der Waals surface area contributed by atoms with Gasteiger partial charge >= 0.3 is 0 Å². The summed E-state index contributed by atoms with van der Waals surface area (Å²) in [5.74, 6) is 1.01. The van der Waals surface area contributed by atoms with Gasteiger partial charge in [0.2, 0.25) is 0 Å². The lowest BCUT2D eigenvalue weighted by Crippen LogP contribution is -1.99. The Morgan fingerprint density at radius 2 is 1.87 bits per heavy atom. The van der Waals surface area contributed by atoms with E-state index in [0.717, 1.165) is 16.7 Å². The first kappa shape index (κ1) is 21.1. The Morgan fingerprint density at radius 3 is 2.47 bits per heavy atom. The van der Waals surface area contributed by atoms with E-state index in [1.165, 1.54) is 19.2 Å². The molecule has 6 nitrogen and oxygen atoms in total. The Bertz CT molecular complexity index is 1120. The van der Waals surface area contributed by atoms with Gasteiger partial charge in [-0.1, -0.05) is 30.3 Å². The smallest absolute Gasteiger partial charge is 0.269 e. The molecule has 0 aliphatic heterocycles. The molecule has 150 valence electrons. The van der Waals surface area contributed by atoms with Crippen LogP contribution in [0.15, 0.2) is 71.2 Å². The number of methoxy groups -OCH3 is 1. The van der Waals surface area contributed by atoms with E-state index in [1.54, 1.807) is 24.3 Å². The molecule has 3 aromatic rings. The summed E-state index contributed by atoms with van der Waals surface area (Å²) in [5.41, 5.74) is 2.95. The van der Waals surface area contributed by atoms with E-state index < -0.39 is 4.92 Å². The van der Waals surface area contributed by atoms with Gasteiger partial charge in [0, 0.05) is 12.1 Å². The van der Waals surface area contributed by atoms with Crippen LogP contribution in [0, 0.1) is 21.4 Å². The first-order valence-corrected chi connectivity index (χ1v) is 9.72. The van der Waals surface area contributed by atoms with Crippen molar-refractivity contribution in [2.45, 2.75) is 6.61 Å². The van der Waals surface area contributed by atoms with Crippen LogP contribution >= 0.6 is 15.9 Å². The minimum absolute atomic E-state index is 0.0281. The van der Waals surface area contributed by atoms with Crippen LogP contribution in [0.2, 0.25) is 0 Å². The van der Waals surface area contributed by atoms with E-state index in [-0.39, 0.29) is 12.3 Å². The van der Waals surface area contributed by atoms with Crippen molar-refractivity contribution in [2.24, 2.45) is 0 Å². The largest absolute Gasteiger partial charge is 0.493 e. The van der Waals surface area contributed by atoms with E-state index in [9.17, 15) is 15.4 Å². The predicted molar refractivity (Wildman–Crippen MR) is 118 cm³/mol. The number of nitro benzene ring substituents is 1. The molecule has 0 bridgehead atoms. The summed E-state index contributed by atoms with van der Waals surface area (Å²) in [7, 11) is 1.54. The zero-order valence-electron chi connectivity index (χ0n) is 16.0. The summed E-state index contributed by atoms with van der Waals surface area (Å²) in [5, 5.41) is 20.3. The van der Waals surface area contributed by atoms with Gasteiger partial charge in [-0.2, -0.15) is 5.26 Å². The molecular formula is C23H17BrN2O4. The van der Waals surface area contributed by atoms with Crippen molar-refractivity contribution < 1.29 is 14.4 Å². The molecule has 0 spiro atoms. The molecule has 0 N–H and O–H groups in total. The second kappa shape index (κ2) is 9.72. The van der Waals surface area contributed by atoms with Crippen LogP contribution in [0.4, 0.5) is 5.69 Å². The highest BCUT2D eigenvalue weighted by molar-refractivity contribution is 9.10. The molecule has 3 aromatic carbocycles. The van der Waals surface area contributed by atoms with Gasteiger partial charge in [-0.15, -0.1) is 0 Å². The molecule has 0 heterocycles. The number of rotatable bonds is 7. The predicted octanol–water partition coefficient (Wildman–Crippen LogP) is 6.01. The maximum Gasteiger partial charge on any atom is 0.269 e. The van der Waals surface area contributed by atoms with Crippen molar-refractivity contribution in [3.05, 3.63) is 98.0 Å². The summed E-state index contributed by atoms with van der Waals surface area (Å²) in [6, 6.07) is 21.4. The monoisotopic (exact) mass is 464 g/mol. The minimum Gasteiger partial charge on any atom is -0.493 e. The maximum absolute atomic E-state index is 10.8. The highest BCUT2D eigenvalue weighted by Gasteiger charge is 2.13. The number of nitriles is 1. The highest BCUT2D eigenvalue weighted by Crippen LogP contribution is 2.38. The zero-order chi connectivity index (χ0) is 21.5. The number of nitro groups is 1. The number of benzene rings is 3. The van der Waals surface area contributed by atoms with Crippen LogP contribution < -0.4 is 9.47 Å². The van der Waals surface area contributed by atoms with E-state index in [0.29, 0.717) is 21.5 Å². The fourth-order valence-electron chi connectivity index (χ4n) is 2.80. The van der Waals surface area contributed by atoms with Gasteiger partial charge in [0.1, 0.15) is 6.61 Å². The van der Waals surface area contributed by atoms with Crippen molar-refractivity contribution in [1.29, 1.82) is 5.26 Å². The Balaban J connectivity index is 1.84. The van der Waals surface area contributed by atoms with E-state index in [4.69, 9.17) is 9.47 Å². The molecule has 7 heteroatoms. The van der Waals surface area contributed by atoms with Crippen molar-refractivity contribution in [3.63, 3.8) is 0 Å². The van der Waals surface area contributed by atoms with E-state index in [2.05, 4.69) is 22.0 Å². The third-order valence-corrected chi connectivity index (χ3v) is 4.89. The van der Waals surface area contributed by atoms with Crippen molar-refractivity contribution >= 4 is 33.3 Å². The quantitative estimate of drug-likeness (QED) is 0.185. The Labute approximate surface area is 182 Å². The first-order valence-electron chi connectivity index (χ1n) is 8.92. The van der Waals surface area contributed by atoms with Crippen molar-refractivity contribution in [2.75, 3.05) is 7.11 Å². The molecule has 0 aliphatic carbocycles. The van der Waals surface area contributed by atoms with Crippen LogP contribution in [0.5, 0.6) is 11.5 Å². The average Bonchev–Trinajstić information content (AvgIpc) is 2.77. The van der Waals surface area contributed by atoms with E-state index in [1.807, 2.05) is 36.4 Å². The number of nitrogens with zero attached hydrogens (tertiary/aromatic N) is 2. The minimum atomic E-state index is -0.443. The summed E-state index contributed by atoms with van der Waals surface area (Å²) in [6.07, 6.45) is 1.78. The molecular weight excluding hydrogens is 448 g/mol. The molecule has 0 aliphatic rings. The van der Waals surface area contributed by atoms with Gasteiger partial charge in [-0.05, 0) is 63.0 Å². The lowest BCUT2D eigenvalue weighted by molar-refractivity contribution is -0.384. The van der Waals surface area contributed by atoms with Gasteiger partial charge in [0.25, 0.3) is 5.69 Å². The summed E-state index contributed by atoms with van der Waals surface area (Å²) in [4.78, 5) is 10.3. The summed E-state index contributed by atoms with van der Waals surface area (Å²) >= 11 is 3.50. The molecule has 0 fully saturated rings. The number of hydrogen-bond acceptors (Lipinski definition) is 5. The molecule has 0 saturated carbocycles. The molecule has 0 amide bonds. The highest BCUT2D eigenvalue weighted by atomic mass is 79.9. The van der Waals surface area contributed by atoms with Crippen LogP contribution in [0.1, 0.15) is 16.7 Å². The molecule has 0 aromatic heterocycles. The number of non-ortho nitro benzene ring substituents is 1. The third-order valence-electron chi connectivity index (χ3n) is 4.30. The number of halogens is 1. The van der Waals surface area contributed by atoms with Crippen molar-refractivity contribution in [1.82, 2.24) is 0 Å². The SMILES string of the molecule is COc1cc(/C=C(/C#N)c2ccccc2)cc(Br)c1OCc1ccc([N+](=O)[O-])cc1. The lowest BCUT2D eigenvalue weighted by atomic mass is 10.0. The molecule has 0 saturated heterocycles. The molecule has 3 rings (SSSR count). The summed E-state index contributed by atoms with van der Waals surface area (Å²) < 4.78 is 12.0. The van der Waals surface area contributed by atoms with Gasteiger partial charge in [0.05, 0.1) is 28.1 Å². The number of hydrogen-bond donors (Lipinski definition) is 0. The Kier molecular flexibility index (Phi) is 6.83. The lowest BCUT2D eigenvalue weighted by Gasteiger charge is -2.14. The summed E-state index contributed by atoms with van der Waals surface area (Å²) in [6.45, 7) is 0.218. The van der Waals surface area contributed by atoms with Crippen LogP contribution in [-0.2, 0) is 6.61 Å². The number of ether oxygens (including phenoxy) is 2. The first-order chi connectivity index (χ1) is 14.5. The van der Waals surface area contributed by atoms with Crippen LogP contribution in [-0.4, -0.2) is 12.0 Å². The van der Waals surface area contributed by atoms with Gasteiger partial charge in [-0.3, -0.25) is 10.1 Å². The van der Waals surface area contributed by atoms with E-state index >= 15 is 0 Å². The van der Waals surface area contributed by atoms with Crippen LogP contribution in [0.3, 0.4) is 0 Å². The molecule has 0 unspecified atom stereocenters. The third kappa shape index (κ3) is 5.04. The Morgan fingerprint density at radius 1 is 1.17 bits per heavy atom. The van der Waals surface area contributed by atoms with Gasteiger partial charge < -0.3 is 9.47 Å².